The molecule has 0 fully saturated rings. The van der Waals surface area contributed by atoms with Gasteiger partial charge in [-0.15, -0.1) is 0 Å². The van der Waals surface area contributed by atoms with E-state index in [0.717, 1.165) is 93.6 Å². The Kier molecular flexibility index (Phi) is 12.0. The van der Waals surface area contributed by atoms with Gasteiger partial charge < -0.3 is 24.2 Å². The van der Waals surface area contributed by atoms with Crippen LogP contribution in [-0.4, -0.2) is 59.2 Å². The topological polar surface area (TPSA) is 136 Å². The molecule has 0 amide bonds. The minimum Gasteiger partial charge on any atom is -0.469 e. The molecule has 0 saturated carbocycles. The maximum Gasteiger partial charge on any atom is 0.305 e. The molecule has 3 aromatic rings. The van der Waals surface area contributed by atoms with Gasteiger partial charge in [-0.2, -0.15) is 0 Å². The van der Waals surface area contributed by atoms with Gasteiger partial charge in [0, 0.05) is 58.0 Å². The molecule has 8 bridgehead atoms. The molecule has 10 heteroatoms. The summed E-state index contributed by atoms with van der Waals surface area (Å²) >= 11 is 0. The van der Waals surface area contributed by atoms with Gasteiger partial charge in [0.15, 0.2) is 0 Å². The minimum absolute atomic E-state index is 0.205. The van der Waals surface area contributed by atoms with Gasteiger partial charge in [-0.25, -0.2) is 9.97 Å². The van der Waals surface area contributed by atoms with Crippen LogP contribution in [0, 0.1) is 0 Å². The van der Waals surface area contributed by atoms with Crippen molar-refractivity contribution >= 4 is 64.3 Å². The van der Waals surface area contributed by atoms with Crippen molar-refractivity contribution in [3.63, 3.8) is 0 Å². The highest BCUT2D eigenvalue weighted by Gasteiger charge is 2.17. The second-order valence-corrected chi connectivity index (χ2v) is 12.0. The van der Waals surface area contributed by atoms with Crippen molar-refractivity contribution in [1.29, 1.82) is 0 Å². The number of rotatable bonds is 15. The van der Waals surface area contributed by atoms with Crippen molar-refractivity contribution in [1.82, 2.24) is 19.9 Å². The van der Waals surface area contributed by atoms with Crippen LogP contribution >= 0.6 is 0 Å². The number of nitrogens with zero attached hydrogens (tertiary/aromatic N) is 2. The van der Waals surface area contributed by atoms with Crippen molar-refractivity contribution in [2.24, 2.45) is 0 Å². The van der Waals surface area contributed by atoms with Crippen molar-refractivity contribution in [3.8, 4) is 0 Å². The van der Waals surface area contributed by atoms with Crippen LogP contribution in [-0.2, 0) is 47.9 Å². The number of fused-ring (bicyclic) bond motifs is 8. The highest BCUT2D eigenvalue weighted by atomic mass is 16.5. The van der Waals surface area contributed by atoms with Crippen molar-refractivity contribution in [2.75, 3.05) is 21.3 Å². The Morgan fingerprint density at radius 1 is 0.521 bits per heavy atom. The first kappa shape index (κ1) is 34.3. The summed E-state index contributed by atoms with van der Waals surface area (Å²) in [4.78, 5) is 52.8. The quantitative estimate of drug-likeness (QED) is 0.0683. The summed E-state index contributed by atoms with van der Waals surface area (Å²) in [5, 5.41) is 0. The van der Waals surface area contributed by atoms with Gasteiger partial charge >= 0.3 is 17.9 Å². The van der Waals surface area contributed by atoms with Gasteiger partial charge in [-0.1, -0.05) is 0 Å². The molecule has 10 nitrogen and oxygen atoms in total. The number of aryl methyl sites for hydroxylation is 2. The normalized spacial score (nSPS) is 11.9. The Labute approximate surface area is 280 Å². The Morgan fingerprint density at radius 3 is 1.25 bits per heavy atom. The zero-order valence-electron chi connectivity index (χ0n) is 28.0. The second kappa shape index (κ2) is 16.7. The fraction of sp³-hybridized carbons (Fsp3) is 0.395. The molecular formula is C38H44N4O6. The number of hydrogen-bond acceptors (Lipinski definition) is 8. The van der Waals surface area contributed by atoms with Crippen molar-refractivity contribution < 1.29 is 28.6 Å². The average Bonchev–Trinajstić information content (AvgIpc) is 3.93. The highest BCUT2D eigenvalue weighted by molar-refractivity contribution is 5.82. The Bertz CT molecular complexity index is 1750. The van der Waals surface area contributed by atoms with Crippen molar-refractivity contribution in [3.05, 3.63) is 69.8 Å². The first-order valence-electron chi connectivity index (χ1n) is 16.7. The lowest BCUT2D eigenvalue weighted by Crippen LogP contribution is -2.01. The maximum atomic E-state index is 11.8. The molecule has 48 heavy (non-hydrogen) atoms. The van der Waals surface area contributed by atoms with E-state index in [4.69, 9.17) is 24.2 Å². The van der Waals surface area contributed by atoms with Gasteiger partial charge in [0.05, 0.1) is 44.1 Å². The molecule has 0 aromatic carbocycles. The summed E-state index contributed by atoms with van der Waals surface area (Å²) < 4.78 is 14.5. The first-order valence-corrected chi connectivity index (χ1v) is 16.7. The molecule has 0 unspecified atom stereocenters. The van der Waals surface area contributed by atoms with Crippen LogP contribution in [0.2, 0.25) is 0 Å². The standard InChI is InChI=1S/C38H44N4O6/c1-46-36(43)13-7-4-10-27-30-18-16-25(39-30)24-26-17-19-31(40-26)28(11-5-8-14-37(44)47-2)33-21-23-35(42-33)29(34-22-20-32(27)41-34)12-6-9-15-38(45)48-3/h16-24,39-40H,4-15H2,1-3H3. The first-order chi connectivity index (χ1) is 23.4. The molecule has 2 N–H and O–H groups in total. The number of unbranched alkanes of at least 4 members (excludes halogenated alkanes) is 3. The monoisotopic (exact) mass is 652 g/mol. The van der Waals surface area contributed by atoms with E-state index in [1.54, 1.807) is 0 Å². The van der Waals surface area contributed by atoms with Gasteiger partial charge in [-0.05, 0) is 112 Å². The Balaban J connectivity index is 1.63. The average molecular weight is 653 g/mol. The molecule has 2 aliphatic heterocycles. The summed E-state index contributed by atoms with van der Waals surface area (Å²) in [7, 11) is 4.24. The molecule has 5 rings (SSSR count). The second-order valence-electron chi connectivity index (χ2n) is 12.0. The molecule has 0 aliphatic carbocycles. The summed E-state index contributed by atoms with van der Waals surface area (Å²) in [5.74, 6) is -0.627. The lowest BCUT2D eigenvalue weighted by atomic mass is 10.0. The zero-order valence-corrected chi connectivity index (χ0v) is 28.0. The molecule has 0 atom stereocenters. The van der Waals surface area contributed by atoms with Gasteiger partial charge in [0.25, 0.3) is 0 Å². The summed E-state index contributed by atoms with van der Waals surface area (Å²) in [5.41, 5.74) is 10.5. The number of ether oxygens (including phenoxy) is 3. The predicted octanol–water partition coefficient (Wildman–Crippen LogP) is 7.31. The Hall–Kier alpha value is -4.99. The van der Waals surface area contributed by atoms with Gasteiger partial charge in [-0.3, -0.25) is 14.4 Å². The number of H-pyrrole nitrogens is 2. The minimum atomic E-state index is -0.216. The third-order valence-corrected chi connectivity index (χ3v) is 8.75. The van der Waals surface area contributed by atoms with Crippen LogP contribution < -0.4 is 0 Å². The molecule has 252 valence electrons. The number of hydrogen-bond donors (Lipinski definition) is 2. The van der Waals surface area contributed by atoms with Crippen LogP contribution in [0.15, 0.2) is 30.3 Å². The van der Waals surface area contributed by atoms with Crippen LogP contribution in [0.4, 0.5) is 0 Å². The number of nitrogens with one attached hydrogen (secondary N) is 2. The summed E-state index contributed by atoms with van der Waals surface area (Å²) in [6.45, 7) is 0. The van der Waals surface area contributed by atoms with Crippen LogP contribution in [0.5, 0.6) is 0 Å². The summed E-state index contributed by atoms with van der Waals surface area (Å²) in [6.07, 6.45) is 16.0. The lowest BCUT2D eigenvalue weighted by Gasteiger charge is -2.06. The van der Waals surface area contributed by atoms with E-state index < -0.39 is 0 Å². The molecular weight excluding hydrogens is 608 g/mol. The number of aromatic amines is 2. The van der Waals surface area contributed by atoms with Crippen LogP contribution in [0.25, 0.3) is 46.4 Å². The zero-order chi connectivity index (χ0) is 33.9. The fourth-order valence-corrected chi connectivity index (χ4v) is 6.12. The van der Waals surface area contributed by atoms with E-state index in [1.807, 2.05) is 0 Å². The highest BCUT2D eigenvalue weighted by Crippen LogP contribution is 2.28. The number of esters is 3. The molecule has 3 aromatic heterocycles. The van der Waals surface area contributed by atoms with Crippen molar-refractivity contribution in [2.45, 2.75) is 77.0 Å². The predicted molar refractivity (Wildman–Crippen MR) is 188 cm³/mol. The maximum absolute atomic E-state index is 11.8. The van der Waals surface area contributed by atoms with Crippen LogP contribution in [0.1, 0.15) is 97.3 Å². The van der Waals surface area contributed by atoms with E-state index in [0.29, 0.717) is 44.9 Å². The fourth-order valence-electron chi connectivity index (χ4n) is 6.12. The number of methoxy groups -OCH3 is 3. The van der Waals surface area contributed by atoms with E-state index in [-0.39, 0.29) is 17.9 Å². The van der Waals surface area contributed by atoms with E-state index >= 15 is 0 Å². The SMILES string of the molecule is COC(=O)CCCCc1c2nc(c(CCCCC(=O)OC)c3ccc(cc4ccc([nH]4)c(CCCCC(=O)OC)c4nc1C=C4)[nH]3)C=C2. The van der Waals surface area contributed by atoms with Gasteiger partial charge in [0.2, 0.25) is 0 Å². The largest absolute Gasteiger partial charge is 0.469 e. The molecule has 0 spiro atoms. The lowest BCUT2D eigenvalue weighted by molar-refractivity contribution is -0.141. The van der Waals surface area contributed by atoms with E-state index in [9.17, 15) is 14.4 Å². The molecule has 0 radical (unpaired) electrons. The molecule has 5 heterocycles. The molecule has 2 aliphatic rings. The van der Waals surface area contributed by atoms with Crippen LogP contribution in [0.3, 0.4) is 0 Å². The van der Waals surface area contributed by atoms with E-state index in [2.05, 4.69) is 64.6 Å². The number of carbonyl (C=O) groups is 3. The molecule has 0 saturated heterocycles. The Morgan fingerprint density at radius 2 is 0.875 bits per heavy atom. The van der Waals surface area contributed by atoms with E-state index in [1.165, 1.54) is 21.3 Å². The number of carbonyl (C=O) groups excluding carboxylic acids is 3. The van der Waals surface area contributed by atoms with Gasteiger partial charge in [0.1, 0.15) is 0 Å². The summed E-state index contributed by atoms with van der Waals surface area (Å²) in [6, 6.07) is 10.4. The third-order valence-electron chi connectivity index (χ3n) is 8.75. The smallest absolute Gasteiger partial charge is 0.305 e. The number of aromatic nitrogens is 4. The third kappa shape index (κ3) is 8.87.